The molecule has 1 aliphatic carbocycles. The SMILES string of the molecule is Cc1c(C2COC2)sc(N)c1-c1nc(C2CC2)no1. The van der Waals surface area contributed by atoms with Crippen LogP contribution >= 0.6 is 11.3 Å². The molecule has 0 aromatic carbocycles. The summed E-state index contributed by atoms with van der Waals surface area (Å²) in [6.45, 7) is 3.66. The maximum absolute atomic E-state index is 6.14. The standard InChI is InChI=1S/C13H15N3O2S/c1-6-9(11(14)19-10(6)8-4-17-5-8)13-15-12(16-18-13)7-2-3-7/h7-8H,2-5,14H2,1H3. The fourth-order valence-electron chi connectivity index (χ4n) is 2.44. The Morgan fingerprint density at radius 2 is 2.05 bits per heavy atom. The van der Waals surface area contributed by atoms with E-state index >= 15 is 0 Å². The Morgan fingerprint density at radius 3 is 2.68 bits per heavy atom. The highest BCUT2D eigenvalue weighted by Gasteiger charge is 2.32. The Kier molecular flexibility index (Phi) is 2.43. The molecule has 0 radical (unpaired) electrons. The van der Waals surface area contributed by atoms with Crippen molar-refractivity contribution in [3.05, 3.63) is 16.3 Å². The summed E-state index contributed by atoms with van der Waals surface area (Å²) in [7, 11) is 0. The molecule has 3 heterocycles. The van der Waals surface area contributed by atoms with Crippen molar-refractivity contribution in [2.45, 2.75) is 31.6 Å². The van der Waals surface area contributed by atoms with Crippen molar-refractivity contribution in [2.75, 3.05) is 18.9 Å². The van der Waals surface area contributed by atoms with Gasteiger partial charge < -0.3 is 15.0 Å². The maximum atomic E-state index is 6.14. The molecule has 19 heavy (non-hydrogen) atoms. The summed E-state index contributed by atoms with van der Waals surface area (Å²) in [6, 6.07) is 0. The zero-order valence-corrected chi connectivity index (χ0v) is 11.5. The van der Waals surface area contributed by atoms with Crippen molar-refractivity contribution in [3.63, 3.8) is 0 Å². The number of hydrogen-bond acceptors (Lipinski definition) is 6. The lowest BCUT2D eigenvalue weighted by molar-refractivity contribution is 0.00966. The number of ether oxygens (including phenoxy) is 1. The maximum Gasteiger partial charge on any atom is 0.261 e. The molecule has 2 aromatic heterocycles. The van der Waals surface area contributed by atoms with Gasteiger partial charge >= 0.3 is 0 Å². The van der Waals surface area contributed by atoms with E-state index in [4.69, 9.17) is 15.0 Å². The second kappa shape index (κ2) is 4.05. The van der Waals surface area contributed by atoms with Crippen molar-refractivity contribution >= 4 is 16.3 Å². The van der Waals surface area contributed by atoms with E-state index < -0.39 is 0 Å². The van der Waals surface area contributed by atoms with Gasteiger partial charge in [-0.3, -0.25) is 0 Å². The molecule has 100 valence electrons. The number of rotatable bonds is 3. The normalized spacial score (nSPS) is 19.6. The van der Waals surface area contributed by atoms with Crippen molar-refractivity contribution in [1.29, 1.82) is 0 Å². The Labute approximate surface area is 114 Å². The molecule has 0 bridgehead atoms. The third-order valence-corrected chi connectivity index (χ3v) is 5.10. The van der Waals surface area contributed by atoms with E-state index in [-0.39, 0.29) is 0 Å². The fraction of sp³-hybridized carbons (Fsp3) is 0.538. The molecule has 2 aliphatic rings. The molecule has 5 nitrogen and oxygen atoms in total. The molecule has 0 unspecified atom stereocenters. The van der Waals surface area contributed by atoms with Crippen molar-refractivity contribution in [2.24, 2.45) is 0 Å². The van der Waals surface area contributed by atoms with Gasteiger partial charge in [-0.2, -0.15) is 4.98 Å². The topological polar surface area (TPSA) is 74.2 Å². The van der Waals surface area contributed by atoms with Crippen LogP contribution in [0.4, 0.5) is 5.00 Å². The van der Waals surface area contributed by atoms with Crippen molar-refractivity contribution in [3.8, 4) is 11.5 Å². The van der Waals surface area contributed by atoms with E-state index in [1.807, 2.05) is 0 Å². The van der Waals surface area contributed by atoms with Crippen LogP contribution < -0.4 is 5.73 Å². The number of nitrogens with two attached hydrogens (primary N) is 1. The Morgan fingerprint density at radius 1 is 1.26 bits per heavy atom. The lowest BCUT2D eigenvalue weighted by atomic mass is 10.0. The number of anilines is 1. The number of thiophene rings is 1. The van der Waals surface area contributed by atoms with Crippen molar-refractivity contribution in [1.82, 2.24) is 10.1 Å². The average Bonchev–Trinajstić information content (AvgIpc) is 2.99. The molecular weight excluding hydrogens is 262 g/mol. The first-order chi connectivity index (χ1) is 9.24. The predicted octanol–water partition coefficient (Wildman–Crippen LogP) is 2.68. The minimum absolute atomic E-state index is 0.479. The number of aromatic nitrogens is 2. The summed E-state index contributed by atoms with van der Waals surface area (Å²) in [6.07, 6.45) is 2.34. The molecule has 0 spiro atoms. The summed E-state index contributed by atoms with van der Waals surface area (Å²) in [4.78, 5) is 5.79. The van der Waals surface area contributed by atoms with E-state index in [2.05, 4.69) is 17.1 Å². The number of nitrogen functional groups attached to an aromatic ring is 1. The van der Waals surface area contributed by atoms with Crippen LogP contribution in [0.2, 0.25) is 0 Å². The van der Waals surface area contributed by atoms with Crippen LogP contribution in [-0.4, -0.2) is 23.4 Å². The first-order valence-corrected chi connectivity index (χ1v) is 7.36. The summed E-state index contributed by atoms with van der Waals surface area (Å²) < 4.78 is 10.7. The quantitative estimate of drug-likeness (QED) is 0.933. The van der Waals surface area contributed by atoms with E-state index in [0.717, 1.165) is 29.6 Å². The van der Waals surface area contributed by atoms with E-state index in [0.29, 0.717) is 17.7 Å². The number of nitrogens with zero attached hydrogens (tertiary/aromatic N) is 2. The zero-order chi connectivity index (χ0) is 13.0. The second-order valence-electron chi connectivity index (χ2n) is 5.30. The van der Waals surface area contributed by atoms with Gasteiger partial charge in [-0.15, -0.1) is 11.3 Å². The molecule has 0 atom stereocenters. The molecule has 6 heteroatoms. The van der Waals surface area contributed by atoms with E-state index in [1.54, 1.807) is 11.3 Å². The zero-order valence-electron chi connectivity index (χ0n) is 10.7. The van der Waals surface area contributed by atoms with Crippen LogP contribution in [0.15, 0.2) is 4.52 Å². The highest BCUT2D eigenvalue weighted by molar-refractivity contribution is 7.16. The Balaban J connectivity index is 1.74. The van der Waals surface area contributed by atoms with Gasteiger partial charge in [-0.1, -0.05) is 5.16 Å². The largest absolute Gasteiger partial charge is 0.390 e. The molecule has 4 rings (SSSR count). The molecule has 2 fully saturated rings. The molecule has 0 amide bonds. The van der Waals surface area contributed by atoms with Crippen LogP contribution in [0.1, 0.15) is 40.9 Å². The third-order valence-electron chi connectivity index (χ3n) is 3.82. The van der Waals surface area contributed by atoms with Gasteiger partial charge in [0.05, 0.1) is 23.8 Å². The molecular formula is C13H15N3O2S. The summed E-state index contributed by atoms with van der Waals surface area (Å²) >= 11 is 1.62. The molecule has 1 saturated heterocycles. The van der Waals surface area contributed by atoms with Crippen molar-refractivity contribution < 1.29 is 9.26 Å². The second-order valence-corrected chi connectivity index (χ2v) is 6.38. The van der Waals surface area contributed by atoms with Gasteiger partial charge in [0.25, 0.3) is 5.89 Å². The molecule has 2 N–H and O–H groups in total. The number of hydrogen-bond donors (Lipinski definition) is 1. The molecule has 1 saturated carbocycles. The fourth-order valence-corrected chi connectivity index (χ4v) is 3.58. The van der Waals surface area contributed by atoms with Gasteiger partial charge in [0, 0.05) is 16.7 Å². The highest BCUT2D eigenvalue weighted by Crippen LogP contribution is 2.44. The Bertz CT molecular complexity index is 626. The lowest BCUT2D eigenvalue weighted by Gasteiger charge is -2.25. The van der Waals surface area contributed by atoms with Gasteiger partial charge in [0.1, 0.15) is 0 Å². The summed E-state index contributed by atoms with van der Waals surface area (Å²) in [5, 5.41) is 4.83. The lowest BCUT2D eigenvalue weighted by Crippen LogP contribution is -2.24. The van der Waals surface area contributed by atoms with Crippen LogP contribution in [-0.2, 0) is 4.74 Å². The predicted molar refractivity (Wildman–Crippen MR) is 72.3 cm³/mol. The summed E-state index contributed by atoms with van der Waals surface area (Å²) in [5.41, 5.74) is 8.23. The first-order valence-electron chi connectivity index (χ1n) is 6.54. The molecule has 2 aromatic rings. The smallest absolute Gasteiger partial charge is 0.261 e. The van der Waals surface area contributed by atoms with Crippen LogP contribution in [0.25, 0.3) is 11.5 Å². The first kappa shape index (κ1) is 11.4. The van der Waals surface area contributed by atoms with Gasteiger partial charge in [0.2, 0.25) is 0 Å². The third kappa shape index (κ3) is 1.78. The van der Waals surface area contributed by atoms with Gasteiger partial charge in [0.15, 0.2) is 5.82 Å². The van der Waals surface area contributed by atoms with Gasteiger partial charge in [-0.05, 0) is 25.3 Å². The minimum atomic E-state index is 0.479. The molecule has 1 aliphatic heterocycles. The van der Waals surface area contributed by atoms with E-state index in [9.17, 15) is 0 Å². The van der Waals surface area contributed by atoms with Gasteiger partial charge in [-0.25, -0.2) is 0 Å². The van der Waals surface area contributed by atoms with Crippen LogP contribution in [0, 0.1) is 6.92 Å². The summed E-state index contributed by atoms with van der Waals surface area (Å²) in [5.74, 6) is 2.37. The van der Waals surface area contributed by atoms with E-state index in [1.165, 1.54) is 23.3 Å². The highest BCUT2D eigenvalue weighted by atomic mass is 32.1. The monoisotopic (exact) mass is 277 g/mol. The van der Waals surface area contributed by atoms with Crippen LogP contribution in [0.3, 0.4) is 0 Å². The van der Waals surface area contributed by atoms with Crippen LogP contribution in [0.5, 0.6) is 0 Å². The minimum Gasteiger partial charge on any atom is -0.390 e. The Hall–Kier alpha value is -1.40. The average molecular weight is 277 g/mol.